The molecule has 1 aliphatic heterocycles. The number of carbonyl (C=O) groups is 6. The Bertz CT molecular complexity index is 1150. The summed E-state index contributed by atoms with van der Waals surface area (Å²) in [6.45, 7) is 11.5. The van der Waals surface area contributed by atoms with Crippen molar-refractivity contribution in [2.45, 2.75) is 73.1 Å². The van der Waals surface area contributed by atoms with Crippen molar-refractivity contribution in [1.29, 1.82) is 0 Å². The van der Waals surface area contributed by atoms with Gasteiger partial charge in [0.1, 0.15) is 18.7 Å². The van der Waals surface area contributed by atoms with E-state index in [1.54, 1.807) is 65.8 Å². The van der Waals surface area contributed by atoms with Crippen molar-refractivity contribution in [1.82, 2.24) is 15.5 Å². The lowest BCUT2D eigenvalue weighted by molar-refractivity contribution is -0.148. The Kier molecular flexibility index (Phi) is 14.9. The molecule has 13 nitrogen and oxygen atoms in total. The number of nitrogens with zero attached hydrogens (tertiary/aromatic N) is 1. The number of nitrogens with one attached hydrogen (secondary N) is 3. The van der Waals surface area contributed by atoms with Crippen molar-refractivity contribution >= 4 is 41.2 Å². The summed E-state index contributed by atoms with van der Waals surface area (Å²) in [5.74, 6) is -2.71. The second-order valence-electron chi connectivity index (χ2n) is 11.4. The fourth-order valence-corrected chi connectivity index (χ4v) is 4.13. The molecule has 1 saturated heterocycles. The summed E-state index contributed by atoms with van der Waals surface area (Å²) in [5.41, 5.74) is 1.29. The molecule has 3 atom stereocenters. The summed E-state index contributed by atoms with van der Waals surface area (Å²) < 4.78 is 16.0. The minimum absolute atomic E-state index is 0.0217. The average Bonchev–Trinajstić information content (AvgIpc) is 3.21. The number of hydrogen-bond donors (Lipinski definition) is 3. The summed E-state index contributed by atoms with van der Waals surface area (Å²) >= 11 is 0. The molecule has 1 fully saturated rings. The number of benzene rings is 1. The van der Waals surface area contributed by atoms with Gasteiger partial charge in [-0.25, -0.2) is 0 Å². The minimum Gasteiger partial charge on any atom is -0.461 e. The molecule has 5 amide bonds. The first-order valence-corrected chi connectivity index (χ1v) is 15.0. The average molecular weight is 619 g/mol. The number of hydrogen-bond acceptors (Lipinski definition) is 9. The molecule has 0 aromatic heterocycles. The number of imide groups is 1. The lowest BCUT2D eigenvalue weighted by Gasteiger charge is -2.24. The number of amides is 5. The smallest absolute Gasteiger partial charge is 0.308 e. The van der Waals surface area contributed by atoms with E-state index < -0.39 is 23.9 Å². The third-order valence-electron chi connectivity index (χ3n) is 6.87. The maximum atomic E-state index is 12.9. The summed E-state index contributed by atoms with van der Waals surface area (Å²) in [6, 6.07) is 5.09. The Morgan fingerprint density at radius 1 is 0.886 bits per heavy atom. The predicted octanol–water partition coefficient (Wildman–Crippen LogP) is 1.79. The fourth-order valence-electron chi connectivity index (χ4n) is 4.13. The van der Waals surface area contributed by atoms with Crippen LogP contribution in [0.15, 0.2) is 24.3 Å². The molecule has 1 aromatic carbocycles. The van der Waals surface area contributed by atoms with Gasteiger partial charge in [-0.3, -0.25) is 33.7 Å². The zero-order valence-corrected chi connectivity index (χ0v) is 26.5. The minimum atomic E-state index is -0.874. The molecule has 0 bridgehead atoms. The molecule has 2 rings (SSSR count). The van der Waals surface area contributed by atoms with Crippen LogP contribution in [-0.4, -0.2) is 85.5 Å². The molecule has 1 unspecified atom stereocenters. The van der Waals surface area contributed by atoms with Crippen molar-refractivity contribution in [3.8, 4) is 0 Å². The number of anilines is 1. The van der Waals surface area contributed by atoms with Gasteiger partial charge in [0.25, 0.3) is 0 Å². The summed E-state index contributed by atoms with van der Waals surface area (Å²) in [4.78, 5) is 74.5. The van der Waals surface area contributed by atoms with E-state index in [1.807, 2.05) is 0 Å². The second-order valence-corrected chi connectivity index (χ2v) is 11.4. The van der Waals surface area contributed by atoms with Gasteiger partial charge in [-0.2, -0.15) is 0 Å². The van der Waals surface area contributed by atoms with Crippen molar-refractivity contribution in [2.75, 3.05) is 38.3 Å². The van der Waals surface area contributed by atoms with E-state index in [1.165, 1.54) is 4.90 Å². The first kappa shape index (κ1) is 36.4. The van der Waals surface area contributed by atoms with Crippen LogP contribution in [0.2, 0.25) is 0 Å². The second kappa shape index (κ2) is 18.1. The van der Waals surface area contributed by atoms with E-state index in [4.69, 9.17) is 14.2 Å². The van der Waals surface area contributed by atoms with Crippen LogP contribution in [-0.2, 0) is 49.6 Å². The zero-order valence-electron chi connectivity index (χ0n) is 26.5. The molecule has 0 saturated carbocycles. The van der Waals surface area contributed by atoms with E-state index in [9.17, 15) is 28.8 Å². The zero-order chi connectivity index (χ0) is 32.8. The first-order chi connectivity index (χ1) is 20.8. The van der Waals surface area contributed by atoms with Gasteiger partial charge in [-0.1, -0.05) is 46.8 Å². The van der Waals surface area contributed by atoms with Crippen molar-refractivity contribution in [3.05, 3.63) is 29.8 Å². The largest absolute Gasteiger partial charge is 0.461 e. The lowest BCUT2D eigenvalue weighted by Crippen LogP contribution is -2.53. The van der Waals surface area contributed by atoms with Gasteiger partial charge < -0.3 is 30.2 Å². The van der Waals surface area contributed by atoms with E-state index in [2.05, 4.69) is 16.0 Å². The third kappa shape index (κ3) is 12.0. The Morgan fingerprint density at radius 2 is 1.52 bits per heavy atom. The van der Waals surface area contributed by atoms with E-state index in [-0.39, 0.29) is 93.9 Å². The van der Waals surface area contributed by atoms with Crippen molar-refractivity contribution < 1.29 is 43.0 Å². The quantitative estimate of drug-likeness (QED) is 0.126. The van der Waals surface area contributed by atoms with Crippen LogP contribution >= 0.6 is 0 Å². The Balaban J connectivity index is 1.67. The van der Waals surface area contributed by atoms with Crippen LogP contribution in [0.25, 0.3) is 0 Å². The normalized spacial score (nSPS) is 16.2. The van der Waals surface area contributed by atoms with Crippen molar-refractivity contribution in [3.63, 3.8) is 0 Å². The molecular weight excluding hydrogens is 572 g/mol. The number of ether oxygens (including phenoxy) is 3. The molecule has 0 radical (unpaired) electrons. The molecule has 3 N–H and O–H groups in total. The number of likely N-dealkylation sites (tertiary alicyclic amines) is 1. The highest BCUT2D eigenvalue weighted by atomic mass is 16.5. The van der Waals surface area contributed by atoms with Crippen LogP contribution < -0.4 is 16.0 Å². The van der Waals surface area contributed by atoms with Gasteiger partial charge in [-0.05, 0) is 30.5 Å². The maximum Gasteiger partial charge on any atom is 0.308 e. The molecule has 0 spiro atoms. The van der Waals surface area contributed by atoms with Crippen LogP contribution in [0, 0.1) is 17.8 Å². The fraction of sp³-hybridized carbons (Fsp3) is 0.613. The molecule has 1 aromatic rings. The van der Waals surface area contributed by atoms with E-state index in [0.29, 0.717) is 5.69 Å². The predicted molar refractivity (Wildman–Crippen MR) is 161 cm³/mol. The van der Waals surface area contributed by atoms with Gasteiger partial charge in [0.15, 0.2) is 0 Å². The highest BCUT2D eigenvalue weighted by molar-refractivity contribution is 6.03. The van der Waals surface area contributed by atoms with Crippen molar-refractivity contribution in [2.24, 2.45) is 17.8 Å². The molecule has 0 aliphatic carbocycles. The Morgan fingerprint density at radius 3 is 2.09 bits per heavy atom. The van der Waals surface area contributed by atoms with Gasteiger partial charge in [-0.15, -0.1) is 0 Å². The molecule has 13 heteroatoms. The third-order valence-corrected chi connectivity index (χ3v) is 6.87. The summed E-state index contributed by atoms with van der Waals surface area (Å²) in [5, 5.41) is 8.08. The van der Waals surface area contributed by atoms with Gasteiger partial charge in [0.2, 0.25) is 29.5 Å². The molecular formula is C31H46N4O9. The van der Waals surface area contributed by atoms with Crippen LogP contribution in [0.1, 0.15) is 59.9 Å². The SMILES string of the molecule is CC(C)C(=O)OCc1ccc(NC(=O)[C@H](C)NC(=O)[C@@H](NC(=O)CCOCCOCCN2C(=O)CC(C)C2=O)C(C)C)cc1. The highest BCUT2D eigenvalue weighted by Crippen LogP contribution is 2.18. The van der Waals surface area contributed by atoms with Crippen LogP contribution in [0.3, 0.4) is 0 Å². The Labute approximate surface area is 258 Å². The topological polar surface area (TPSA) is 169 Å². The van der Waals surface area contributed by atoms with E-state index >= 15 is 0 Å². The molecule has 1 heterocycles. The standard InChI is InChI=1S/C31H46N4O9/c1-19(2)27(34-25(36)11-13-42-15-16-43-14-12-35-26(37)17-21(5)30(35)40)29(39)32-22(6)28(38)33-24-9-7-23(8-10-24)18-44-31(41)20(3)4/h7-10,19-22,27H,11-18H2,1-6H3,(H,32,39)(H,33,38)(H,34,36)/t21?,22-,27-/m0/s1. The Hall–Kier alpha value is -3.84. The lowest BCUT2D eigenvalue weighted by atomic mass is 10.0. The summed E-state index contributed by atoms with van der Waals surface area (Å²) in [7, 11) is 0. The maximum absolute atomic E-state index is 12.9. The number of rotatable bonds is 18. The van der Waals surface area contributed by atoms with Crippen LogP contribution in [0.4, 0.5) is 5.69 Å². The van der Waals surface area contributed by atoms with E-state index in [0.717, 1.165) is 5.56 Å². The van der Waals surface area contributed by atoms with Gasteiger partial charge in [0.05, 0.1) is 38.9 Å². The summed E-state index contributed by atoms with van der Waals surface area (Å²) in [6.07, 6.45) is 0.252. The van der Waals surface area contributed by atoms with Gasteiger partial charge in [0, 0.05) is 24.4 Å². The molecule has 44 heavy (non-hydrogen) atoms. The molecule has 244 valence electrons. The monoisotopic (exact) mass is 618 g/mol. The van der Waals surface area contributed by atoms with Crippen LogP contribution in [0.5, 0.6) is 0 Å². The highest BCUT2D eigenvalue weighted by Gasteiger charge is 2.35. The molecule has 1 aliphatic rings. The number of esters is 1. The number of carbonyl (C=O) groups excluding carboxylic acids is 6. The van der Waals surface area contributed by atoms with Gasteiger partial charge >= 0.3 is 5.97 Å². The first-order valence-electron chi connectivity index (χ1n) is 15.0.